The molecule has 0 aliphatic rings. The number of aromatic hydroxyl groups is 1. The predicted octanol–water partition coefficient (Wildman–Crippen LogP) is 5.55. The number of nitrogens with one attached hydrogen (secondary N) is 1. The van der Waals surface area contributed by atoms with Gasteiger partial charge in [0.25, 0.3) is 0 Å². The number of fused-ring (bicyclic) bond motifs is 1. The second-order valence-corrected chi connectivity index (χ2v) is 8.49. The summed E-state index contributed by atoms with van der Waals surface area (Å²) in [6.07, 6.45) is 3.82. The minimum Gasteiger partial charge on any atom is -0.595 e. The number of rotatable bonds is 5. The number of aryl methyl sites for hydroxylation is 3. The number of phenolic OH excluding ortho intramolecular Hbond substituents is 1. The molecule has 1 atom stereocenters. The number of nitrogen functional groups attached to an aromatic ring is 1. The SMILES string of the molecule is Cc1cc([N+]([O-])=Nc2c(C)cc3cc(N)ccc3c2O)ccc1C=Cc1ccc([NH+]([O-])O)cc1C. The number of azo groups is 1. The highest BCUT2D eigenvalue weighted by molar-refractivity contribution is 5.95. The van der Waals surface area contributed by atoms with Gasteiger partial charge in [-0.05, 0) is 95.2 Å². The van der Waals surface area contributed by atoms with Gasteiger partial charge in [0.05, 0.1) is 0 Å². The first kappa shape index (κ1) is 23.9. The van der Waals surface area contributed by atoms with E-state index in [1.54, 1.807) is 55.5 Å². The molecule has 1 unspecified atom stereocenters. The number of nitrogens with zero attached hydrogens (tertiary/aromatic N) is 2. The van der Waals surface area contributed by atoms with Crippen LogP contribution in [0.2, 0.25) is 0 Å². The van der Waals surface area contributed by atoms with Crippen LogP contribution >= 0.6 is 0 Å². The molecule has 0 radical (unpaired) electrons. The van der Waals surface area contributed by atoms with Crippen LogP contribution in [0.3, 0.4) is 0 Å². The highest BCUT2D eigenvalue weighted by atomic mass is 16.8. The molecule has 178 valence electrons. The first-order chi connectivity index (χ1) is 16.6. The molecule has 0 saturated heterocycles. The van der Waals surface area contributed by atoms with Gasteiger partial charge in [0.2, 0.25) is 5.69 Å². The van der Waals surface area contributed by atoms with Gasteiger partial charge < -0.3 is 21.3 Å². The van der Waals surface area contributed by atoms with Crippen LogP contribution in [0.15, 0.2) is 65.8 Å². The van der Waals surface area contributed by atoms with E-state index in [9.17, 15) is 15.5 Å². The van der Waals surface area contributed by atoms with Gasteiger partial charge in [0.1, 0.15) is 0 Å². The van der Waals surface area contributed by atoms with Crippen molar-refractivity contribution in [2.24, 2.45) is 5.11 Å². The smallest absolute Gasteiger partial charge is 0.245 e. The summed E-state index contributed by atoms with van der Waals surface area (Å²) in [7, 11) is 0. The molecule has 0 fully saturated rings. The van der Waals surface area contributed by atoms with Crippen LogP contribution in [-0.2, 0) is 0 Å². The van der Waals surface area contributed by atoms with Crippen LogP contribution in [0.25, 0.3) is 22.9 Å². The average molecular weight is 471 g/mol. The summed E-state index contributed by atoms with van der Waals surface area (Å²) in [4.78, 5) is 0.500. The van der Waals surface area contributed by atoms with Crippen LogP contribution < -0.4 is 11.0 Å². The van der Waals surface area contributed by atoms with Crippen molar-refractivity contribution in [2.75, 3.05) is 5.73 Å². The molecular formula is C27H26N4O4. The lowest BCUT2D eigenvalue weighted by molar-refractivity contribution is -0.991. The number of anilines is 1. The maximum Gasteiger partial charge on any atom is 0.245 e. The highest BCUT2D eigenvalue weighted by Crippen LogP contribution is 2.39. The molecule has 0 aromatic heterocycles. The third-order valence-corrected chi connectivity index (χ3v) is 5.92. The molecule has 35 heavy (non-hydrogen) atoms. The number of benzene rings is 4. The zero-order chi connectivity index (χ0) is 25.3. The van der Waals surface area contributed by atoms with Gasteiger partial charge in [-0.15, -0.1) is 0 Å². The molecule has 0 aliphatic carbocycles. The minimum atomic E-state index is -0.959. The number of hydrogen-bond acceptors (Lipinski definition) is 6. The molecular weight excluding hydrogens is 444 g/mol. The van der Waals surface area contributed by atoms with Gasteiger partial charge in [-0.3, -0.25) is 0 Å². The third kappa shape index (κ3) is 4.99. The molecule has 4 rings (SSSR count). The summed E-state index contributed by atoms with van der Waals surface area (Å²) in [5, 5.41) is 48.3. The molecule has 8 heteroatoms. The van der Waals surface area contributed by atoms with Crippen molar-refractivity contribution in [1.29, 1.82) is 0 Å². The van der Waals surface area contributed by atoms with E-state index in [0.717, 1.165) is 27.6 Å². The largest absolute Gasteiger partial charge is 0.595 e. The summed E-state index contributed by atoms with van der Waals surface area (Å²) < 4.78 is 0. The van der Waals surface area contributed by atoms with Crippen molar-refractivity contribution in [3.8, 4) is 5.75 Å². The van der Waals surface area contributed by atoms with Crippen LogP contribution in [0.1, 0.15) is 27.8 Å². The number of phenols is 1. The van der Waals surface area contributed by atoms with Gasteiger partial charge in [0.15, 0.2) is 17.1 Å². The highest BCUT2D eigenvalue weighted by Gasteiger charge is 2.15. The Morgan fingerprint density at radius 3 is 2.17 bits per heavy atom. The van der Waals surface area contributed by atoms with E-state index in [0.29, 0.717) is 27.2 Å². The topological polar surface area (TPSA) is 132 Å². The van der Waals surface area contributed by atoms with E-state index >= 15 is 0 Å². The monoisotopic (exact) mass is 470 g/mol. The van der Waals surface area contributed by atoms with E-state index < -0.39 is 5.23 Å². The maximum atomic E-state index is 12.8. The molecule has 0 saturated carbocycles. The standard InChI is InChI=1S/C27H26N4O4/c1-16-13-23(9-6-19(16)4-5-20-7-10-24(31(34)35)14-17(20)2)30(33)29-26-18(3)12-21-15-22(28)8-11-25(21)27(26)32/h4-15,31-32,34H,28H2,1-3H3. The van der Waals surface area contributed by atoms with Gasteiger partial charge in [-0.2, -0.15) is 5.23 Å². The Bertz CT molecular complexity index is 1490. The van der Waals surface area contributed by atoms with Crippen molar-refractivity contribution in [1.82, 2.24) is 0 Å². The fourth-order valence-corrected chi connectivity index (χ4v) is 3.95. The molecule has 0 spiro atoms. The van der Waals surface area contributed by atoms with Crippen molar-refractivity contribution >= 4 is 45.7 Å². The lowest BCUT2D eigenvalue weighted by Gasteiger charge is -2.12. The summed E-state index contributed by atoms with van der Waals surface area (Å²) in [6.45, 7) is 5.53. The quantitative estimate of drug-likeness (QED) is 0.0997. The summed E-state index contributed by atoms with van der Waals surface area (Å²) in [5.41, 5.74) is 11.4. The Morgan fingerprint density at radius 2 is 1.54 bits per heavy atom. The molecule has 0 aliphatic heterocycles. The maximum absolute atomic E-state index is 12.8. The predicted molar refractivity (Wildman–Crippen MR) is 137 cm³/mol. The fraction of sp³-hybridized carbons (Fsp3) is 0.111. The Balaban J connectivity index is 1.62. The van der Waals surface area contributed by atoms with Crippen molar-refractivity contribution in [2.45, 2.75) is 20.8 Å². The number of quaternary nitrogens is 1. The first-order valence-electron chi connectivity index (χ1n) is 11.0. The van der Waals surface area contributed by atoms with Crippen LogP contribution in [0.4, 0.5) is 22.7 Å². The van der Waals surface area contributed by atoms with Gasteiger partial charge in [-0.1, -0.05) is 12.2 Å². The van der Waals surface area contributed by atoms with E-state index in [-0.39, 0.29) is 17.1 Å². The molecule has 0 amide bonds. The molecule has 4 aromatic carbocycles. The van der Waals surface area contributed by atoms with Crippen LogP contribution in [-0.4, -0.2) is 15.2 Å². The first-order valence-corrected chi connectivity index (χ1v) is 11.0. The summed E-state index contributed by atoms with van der Waals surface area (Å²) in [6, 6.07) is 17.2. The van der Waals surface area contributed by atoms with Gasteiger partial charge >= 0.3 is 0 Å². The van der Waals surface area contributed by atoms with Crippen LogP contribution in [0, 0.1) is 31.2 Å². The van der Waals surface area contributed by atoms with E-state index in [4.69, 9.17) is 10.9 Å². The average Bonchev–Trinajstić information content (AvgIpc) is 2.81. The molecule has 0 bridgehead atoms. The van der Waals surface area contributed by atoms with E-state index in [2.05, 4.69) is 5.11 Å². The molecule has 0 heterocycles. The second kappa shape index (κ2) is 9.55. The van der Waals surface area contributed by atoms with Gasteiger partial charge in [0, 0.05) is 40.5 Å². The molecule has 5 N–H and O–H groups in total. The van der Waals surface area contributed by atoms with Crippen LogP contribution in [0.5, 0.6) is 5.75 Å². The Morgan fingerprint density at radius 1 is 0.886 bits per heavy atom. The van der Waals surface area contributed by atoms with Crippen molar-refractivity contribution < 1.29 is 20.4 Å². The Hall–Kier alpha value is -4.24. The zero-order valence-electron chi connectivity index (χ0n) is 19.6. The third-order valence-electron chi connectivity index (χ3n) is 5.92. The Kier molecular flexibility index (Phi) is 6.52. The lowest BCUT2D eigenvalue weighted by Crippen LogP contribution is -2.99. The minimum absolute atomic E-state index is 0.0681. The normalized spacial score (nSPS) is 13.0. The second-order valence-electron chi connectivity index (χ2n) is 8.49. The van der Waals surface area contributed by atoms with Gasteiger partial charge in [-0.25, -0.2) is 5.21 Å². The van der Waals surface area contributed by atoms with Crippen molar-refractivity contribution in [3.05, 3.63) is 98.9 Å². The zero-order valence-corrected chi connectivity index (χ0v) is 19.6. The van der Waals surface area contributed by atoms with Crippen molar-refractivity contribution in [3.63, 3.8) is 0 Å². The summed E-state index contributed by atoms with van der Waals surface area (Å²) >= 11 is 0. The molecule has 8 nitrogen and oxygen atoms in total. The number of hydrogen-bond donors (Lipinski definition) is 4. The summed E-state index contributed by atoms with van der Waals surface area (Å²) in [5.74, 6) is -0.0681. The fourth-order valence-electron chi connectivity index (χ4n) is 3.95. The molecule has 4 aromatic rings. The Labute approximate surface area is 202 Å². The number of nitrogens with two attached hydrogens (primary N) is 1. The van der Waals surface area contributed by atoms with E-state index in [1.807, 2.05) is 38.1 Å². The van der Waals surface area contributed by atoms with E-state index in [1.165, 1.54) is 0 Å². The lowest BCUT2D eigenvalue weighted by atomic mass is 10.0.